The minimum absolute atomic E-state index is 0.213. The van der Waals surface area contributed by atoms with Crippen LogP contribution in [0.2, 0.25) is 0 Å². The molecule has 0 nitrogen and oxygen atoms in total. The van der Waals surface area contributed by atoms with Crippen molar-refractivity contribution in [2.24, 2.45) is 0 Å². The molecule has 0 heterocycles. The molecule has 0 spiro atoms. The Labute approximate surface area is 35.3 Å². The summed E-state index contributed by atoms with van der Waals surface area (Å²) in [7, 11) is 0. The lowest BCUT2D eigenvalue weighted by atomic mass is 10.6. The molecule has 0 saturated heterocycles. The average Bonchev–Trinajstić information content (AvgIpc) is 1.86. The lowest BCUT2D eigenvalue weighted by Gasteiger charge is -1.66. The van der Waals surface area contributed by atoms with E-state index >= 15 is 0 Å². The van der Waals surface area contributed by atoms with Crippen LogP contribution in [-0.2, 0) is 0 Å². The molecule has 0 fully saturated rings. The summed E-state index contributed by atoms with van der Waals surface area (Å²) in [5.41, 5.74) is 2.55. The standard InChI is InChI=1S/C5H3F/c6-5-3-1-2-4-5/h1,3-4H. The third kappa shape index (κ3) is 0.399. The minimum atomic E-state index is -0.213. The van der Waals surface area contributed by atoms with Crippen molar-refractivity contribution in [2.45, 2.75) is 0 Å². The van der Waals surface area contributed by atoms with Crippen LogP contribution in [0.15, 0.2) is 29.8 Å². The Balaban J connectivity index is 2.88. The minimum Gasteiger partial charge on any atom is -0.206 e. The second-order valence-electron chi connectivity index (χ2n) is 1.03. The van der Waals surface area contributed by atoms with Gasteiger partial charge in [0.1, 0.15) is 5.83 Å². The molecular formula is C5H3F. The Kier molecular flexibility index (Phi) is 0.627. The van der Waals surface area contributed by atoms with E-state index in [0.717, 1.165) is 0 Å². The third-order valence-electron chi connectivity index (χ3n) is 0.560. The summed E-state index contributed by atoms with van der Waals surface area (Å²) in [5, 5.41) is 0. The monoisotopic (exact) mass is 82.0 g/mol. The van der Waals surface area contributed by atoms with Crippen LogP contribution in [0.25, 0.3) is 0 Å². The second kappa shape index (κ2) is 1.11. The van der Waals surface area contributed by atoms with E-state index in [1.165, 1.54) is 18.2 Å². The van der Waals surface area contributed by atoms with Gasteiger partial charge in [-0.25, -0.2) is 4.39 Å². The molecule has 0 N–H and O–H groups in total. The van der Waals surface area contributed by atoms with Crippen molar-refractivity contribution in [1.29, 1.82) is 0 Å². The number of halogens is 1. The maximum absolute atomic E-state index is 11.6. The zero-order valence-electron chi connectivity index (χ0n) is 3.11. The molecular weight excluding hydrogens is 79.1 g/mol. The second-order valence-corrected chi connectivity index (χ2v) is 1.03. The van der Waals surface area contributed by atoms with E-state index < -0.39 is 0 Å². The number of allylic oxidation sites excluding steroid dienone is 3. The van der Waals surface area contributed by atoms with Gasteiger partial charge in [0.2, 0.25) is 0 Å². The summed E-state index contributed by atoms with van der Waals surface area (Å²) in [6.07, 6.45) is 4.19. The van der Waals surface area contributed by atoms with Crippen LogP contribution < -0.4 is 0 Å². The van der Waals surface area contributed by atoms with Crippen LogP contribution in [0.3, 0.4) is 0 Å². The maximum atomic E-state index is 11.6. The molecule has 0 bridgehead atoms. The normalized spacial score (nSPS) is 15.8. The van der Waals surface area contributed by atoms with Crippen LogP contribution >= 0.6 is 0 Å². The van der Waals surface area contributed by atoms with Gasteiger partial charge < -0.3 is 0 Å². The van der Waals surface area contributed by atoms with E-state index in [2.05, 4.69) is 5.73 Å². The largest absolute Gasteiger partial charge is 0.206 e. The van der Waals surface area contributed by atoms with E-state index in [1.807, 2.05) is 0 Å². The Bertz CT molecular complexity index is 136. The van der Waals surface area contributed by atoms with Crippen molar-refractivity contribution >= 4 is 0 Å². The first-order valence-corrected chi connectivity index (χ1v) is 1.68. The molecule has 0 radical (unpaired) electrons. The Hall–Kier alpha value is -0.810. The molecule has 1 aliphatic rings. The van der Waals surface area contributed by atoms with Crippen LogP contribution in [0.4, 0.5) is 4.39 Å². The molecule has 0 aliphatic heterocycles. The Morgan fingerprint density at radius 1 is 1.67 bits per heavy atom. The molecule has 1 heteroatoms. The van der Waals surface area contributed by atoms with Gasteiger partial charge in [-0.1, -0.05) is 0 Å². The lowest BCUT2D eigenvalue weighted by Crippen LogP contribution is -1.48. The summed E-state index contributed by atoms with van der Waals surface area (Å²) >= 11 is 0. The number of hydrogen-bond acceptors (Lipinski definition) is 0. The summed E-state index contributed by atoms with van der Waals surface area (Å²) in [5.74, 6) is -0.213. The maximum Gasteiger partial charge on any atom is 0.131 e. The van der Waals surface area contributed by atoms with Crippen molar-refractivity contribution < 1.29 is 4.39 Å². The average molecular weight is 82.1 g/mol. The van der Waals surface area contributed by atoms with E-state index in [9.17, 15) is 4.39 Å². The number of rotatable bonds is 0. The van der Waals surface area contributed by atoms with Gasteiger partial charge in [-0.15, -0.1) is 5.73 Å². The molecule has 0 aromatic rings. The highest BCUT2D eigenvalue weighted by Gasteiger charge is 1.83. The van der Waals surface area contributed by atoms with Gasteiger partial charge in [-0.3, -0.25) is 0 Å². The first-order valence-electron chi connectivity index (χ1n) is 1.68. The zero-order valence-corrected chi connectivity index (χ0v) is 3.11. The van der Waals surface area contributed by atoms with Gasteiger partial charge in [0.25, 0.3) is 0 Å². The van der Waals surface area contributed by atoms with Gasteiger partial charge in [-0.05, 0) is 12.2 Å². The molecule has 1 rings (SSSR count). The molecule has 0 amide bonds. The fourth-order valence-corrected chi connectivity index (χ4v) is 0.304. The molecule has 0 saturated carbocycles. The van der Waals surface area contributed by atoms with Crippen LogP contribution in [0.5, 0.6) is 0 Å². The predicted molar refractivity (Wildman–Crippen MR) is 21.8 cm³/mol. The van der Waals surface area contributed by atoms with Crippen LogP contribution in [-0.4, -0.2) is 0 Å². The smallest absolute Gasteiger partial charge is 0.131 e. The topological polar surface area (TPSA) is 0 Å². The summed E-state index contributed by atoms with van der Waals surface area (Å²) in [6.45, 7) is 0. The van der Waals surface area contributed by atoms with Gasteiger partial charge in [0.05, 0.1) is 0 Å². The SMILES string of the molecule is FC1=CC=C=C1. The van der Waals surface area contributed by atoms with Crippen LogP contribution in [0, 0.1) is 0 Å². The molecule has 30 valence electrons. The van der Waals surface area contributed by atoms with Gasteiger partial charge in [0, 0.05) is 6.08 Å². The van der Waals surface area contributed by atoms with Crippen molar-refractivity contribution in [3.05, 3.63) is 29.8 Å². The summed E-state index contributed by atoms with van der Waals surface area (Å²) in [4.78, 5) is 0. The molecule has 0 unspecified atom stereocenters. The highest BCUT2D eigenvalue weighted by molar-refractivity contribution is 5.23. The van der Waals surface area contributed by atoms with Crippen molar-refractivity contribution in [2.75, 3.05) is 0 Å². The summed E-state index contributed by atoms with van der Waals surface area (Å²) < 4.78 is 11.6. The molecule has 0 atom stereocenters. The predicted octanol–water partition coefficient (Wildman–Crippen LogP) is 1.56. The van der Waals surface area contributed by atoms with Gasteiger partial charge in [-0.2, -0.15) is 0 Å². The Morgan fingerprint density at radius 2 is 2.50 bits per heavy atom. The first kappa shape index (κ1) is 3.38. The zero-order chi connectivity index (χ0) is 4.41. The van der Waals surface area contributed by atoms with E-state index in [4.69, 9.17) is 0 Å². The summed E-state index contributed by atoms with van der Waals surface area (Å²) in [6, 6.07) is 0. The van der Waals surface area contributed by atoms with Crippen molar-refractivity contribution in [1.82, 2.24) is 0 Å². The number of hydrogen-bond donors (Lipinski definition) is 0. The molecule has 6 heavy (non-hydrogen) atoms. The quantitative estimate of drug-likeness (QED) is 0.389. The third-order valence-corrected chi connectivity index (χ3v) is 0.560. The molecule has 0 aromatic carbocycles. The van der Waals surface area contributed by atoms with Crippen molar-refractivity contribution in [3.8, 4) is 0 Å². The fourth-order valence-electron chi connectivity index (χ4n) is 0.304. The fraction of sp³-hybridized carbons (Fsp3) is 0. The Morgan fingerprint density at radius 3 is 2.67 bits per heavy atom. The van der Waals surface area contributed by atoms with E-state index in [-0.39, 0.29) is 5.83 Å². The van der Waals surface area contributed by atoms with Gasteiger partial charge >= 0.3 is 0 Å². The molecule has 1 aliphatic carbocycles. The highest BCUT2D eigenvalue weighted by atomic mass is 19.1. The first-order chi connectivity index (χ1) is 2.89. The van der Waals surface area contributed by atoms with Gasteiger partial charge in [0.15, 0.2) is 0 Å². The van der Waals surface area contributed by atoms with E-state index in [0.29, 0.717) is 0 Å². The van der Waals surface area contributed by atoms with Crippen LogP contribution in [0.1, 0.15) is 0 Å². The lowest BCUT2D eigenvalue weighted by molar-refractivity contribution is 0.670. The highest BCUT2D eigenvalue weighted by Crippen LogP contribution is 2.01. The van der Waals surface area contributed by atoms with E-state index in [1.54, 1.807) is 0 Å². The van der Waals surface area contributed by atoms with Crippen molar-refractivity contribution in [3.63, 3.8) is 0 Å². The molecule has 0 aromatic heterocycles.